The predicted octanol–water partition coefficient (Wildman–Crippen LogP) is 0.612. The molecule has 2 aliphatic rings. The minimum absolute atomic E-state index is 0.318. The van der Waals surface area contributed by atoms with Gasteiger partial charge in [0.25, 0.3) is 5.91 Å². The molecule has 2 aliphatic heterocycles. The standard InChI is InChI=1S/C14H15NO5/c1-8-10-11(13(17)18)20-14(19-10)12(16)15(8)7-9-5-3-2-4-6-9/h2-6,8,10-11,14H,7H2,1H3,(H,17,18)/t8-,10-,11-,14+/m1/s1. The van der Waals surface area contributed by atoms with Gasteiger partial charge in [-0.2, -0.15) is 0 Å². The van der Waals surface area contributed by atoms with E-state index in [1.54, 1.807) is 11.8 Å². The number of hydrogen-bond acceptors (Lipinski definition) is 4. The second-order valence-electron chi connectivity index (χ2n) is 5.02. The van der Waals surface area contributed by atoms with Gasteiger partial charge in [-0.15, -0.1) is 0 Å². The van der Waals surface area contributed by atoms with E-state index >= 15 is 0 Å². The summed E-state index contributed by atoms with van der Waals surface area (Å²) in [6.07, 6.45) is -2.81. The number of nitrogens with zero attached hydrogens (tertiary/aromatic N) is 1. The first-order chi connectivity index (χ1) is 9.58. The minimum Gasteiger partial charge on any atom is -0.479 e. The van der Waals surface area contributed by atoms with Crippen molar-refractivity contribution in [2.24, 2.45) is 0 Å². The third-order valence-corrected chi connectivity index (χ3v) is 3.74. The van der Waals surface area contributed by atoms with E-state index in [0.29, 0.717) is 6.54 Å². The second kappa shape index (κ2) is 4.88. The van der Waals surface area contributed by atoms with Gasteiger partial charge in [0.2, 0.25) is 6.29 Å². The highest BCUT2D eigenvalue weighted by molar-refractivity contribution is 5.83. The van der Waals surface area contributed by atoms with Gasteiger partial charge in [-0.25, -0.2) is 4.79 Å². The van der Waals surface area contributed by atoms with Gasteiger partial charge >= 0.3 is 5.97 Å². The van der Waals surface area contributed by atoms with E-state index in [0.717, 1.165) is 5.56 Å². The van der Waals surface area contributed by atoms with Crippen molar-refractivity contribution in [2.45, 2.75) is 38.0 Å². The van der Waals surface area contributed by atoms with Crippen LogP contribution in [0.15, 0.2) is 30.3 Å². The molecule has 2 saturated heterocycles. The highest BCUT2D eigenvalue weighted by Gasteiger charge is 2.54. The van der Waals surface area contributed by atoms with Gasteiger partial charge in [-0.1, -0.05) is 30.3 Å². The molecule has 2 bridgehead atoms. The molecule has 1 aromatic rings. The van der Waals surface area contributed by atoms with Crippen LogP contribution >= 0.6 is 0 Å². The molecule has 0 aliphatic carbocycles. The molecule has 1 N–H and O–H groups in total. The molecule has 106 valence electrons. The number of ether oxygens (including phenoxy) is 2. The molecule has 20 heavy (non-hydrogen) atoms. The first kappa shape index (κ1) is 13.1. The van der Waals surface area contributed by atoms with Crippen molar-refractivity contribution in [1.82, 2.24) is 4.90 Å². The normalized spacial score (nSPS) is 32.5. The van der Waals surface area contributed by atoms with Crippen molar-refractivity contribution < 1.29 is 24.2 Å². The molecule has 0 radical (unpaired) electrons. The molecular weight excluding hydrogens is 262 g/mol. The fourth-order valence-corrected chi connectivity index (χ4v) is 2.65. The first-order valence-electron chi connectivity index (χ1n) is 6.46. The van der Waals surface area contributed by atoms with Crippen LogP contribution in [0.4, 0.5) is 0 Å². The van der Waals surface area contributed by atoms with Gasteiger partial charge in [0, 0.05) is 6.54 Å². The van der Waals surface area contributed by atoms with Crippen LogP contribution in [0.5, 0.6) is 0 Å². The van der Waals surface area contributed by atoms with Crippen molar-refractivity contribution in [1.29, 1.82) is 0 Å². The molecule has 0 unspecified atom stereocenters. The molecule has 6 nitrogen and oxygen atoms in total. The topological polar surface area (TPSA) is 76.1 Å². The Kier molecular flexibility index (Phi) is 3.19. The summed E-state index contributed by atoms with van der Waals surface area (Å²) in [5.41, 5.74) is 0.987. The SMILES string of the molecule is C[C@@H]1[C@H]2O[C@@H](O[C@H]2C(=O)O)C(=O)N1Cc1ccccc1. The lowest BCUT2D eigenvalue weighted by atomic mass is 10.0. The number of rotatable bonds is 3. The fraction of sp³-hybridized carbons (Fsp3) is 0.429. The minimum atomic E-state index is -1.10. The Balaban J connectivity index is 1.83. The molecule has 2 heterocycles. The second-order valence-corrected chi connectivity index (χ2v) is 5.02. The van der Waals surface area contributed by atoms with Crippen LogP contribution in [-0.2, 0) is 25.6 Å². The first-order valence-corrected chi connectivity index (χ1v) is 6.46. The third-order valence-electron chi connectivity index (χ3n) is 3.74. The molecule has 1 aromatic carbocycles. The molecule has 2 fully saturated rings. The largest absolute Gasteiger partial charge is 0.479 e. The number of amides is 1. The average Bonchev–Trinajstić information content (AvgIpc) is 2.85. The van der Waals surface area contributed by atoms with E-state index in [2.05, 4.69) is 0 Å². The maximum absolute atomic E-state index is 12.2. The van der Waals surface area contributed by atoms with Gasteiger partial charge < -0.3 is 19.5 Å². The zero-order chi connectivity index (χ0) is 14.3. The Morgan fingerprint density at radius 2 is 2.00 bits per heavy atom. The quantitative estimate of drug-likeness (QED) is 0.876. The van der Waals surface area contributed by atoms with Crippen LogP contribution in [0.25, 0.3) is 0 Å². The van der Waals surface area contributed by atoms with E-state index in [-0.39, 0.29) is 11.9 Å². The molecular formula is C14H15NO5. The van der Waals surface area contributed by atoms with Crippen molar-refractivity contribution in [3.63, 3.8) is 0 Å². The monoisotopic (exact) mass is 277 g/mol. The lowest BCUT2D eigenvalue weighted by Gasteiger charge is -2.36. The van der Waals surface area contributed by atoms with E-state index < -0.39 is 24.5 Å². The molecule has 0 spiro atoms. The summed E-state index contributed by atoms with van der Waals surface area (Å²) in [6, 6.07) is 9.20. The van der Waals surface area contributed by atoms with E-state index in [4.69, 9.17) is 14.6 Å². The summed E-state index contributed by atoms with van der Waals surface area (Å²) in [6.45, 7) is 2.21. The molecule has 1 amide bonds. The predicted molar refractivity (Wildman–Crippen MR) is 67.6 cm³/mol. The summed E-state index contributed by atoms with van der Waals surface area (Å²) >= 11 is 0. The van der Waals surface area contributed by atoms with Crippen molar-refractivity contribution in [2.75, 3.05) is 0 Å². The maximum Gasteiger partial charge on any atom is 0.335 e. The van der Waals surface area contributed by atoms with Crippen LogP contribution < -0.4 is 0 Å². The number of carbonyl (C=O) groups is 2. The number of aliphatic carboxylic acids is 1. The van der Waals surface area contributed by atoms with E-state index in [9.17, 15) is 9.59 Å². The lowest BCUT2D eigenvalue weighted by molar-refractivity contribution is -0.178. The summed E-state index contributed by atoms with van der Waals surface area (Å²) in [4.78, 5) is 25.0. The molecule has 0 aromatic heterocycles. The van der Waals surface area contributed by atoms with Gasteiger partial charge in [0.1, 0.15) is 6.10 Å². The van der Waals surface area contributed by atoms with Crippen LogP contribution in [0.1, 0.15) is 12.5 Å². The zero-order valence-corrected chi connectivity index (χ0v) is 10.9. The van der Waals surface area contributed by atoms with E-state index in [1.807, 2.05) is 30.3 Å². The van der Waals surface area contributed by atoms with Crippen molar-refractivity contribution >= 4 is 11.9 Å². The maximum atomic E-state index is 12.2. The number of carboxylic acid groups (broad SMARTS) is 1. The molecule has 4 atom stereocenters. The van der Waals surface area contributed by atoms with Crippen LogP contribution in [0.3, 0.4) is 0 Å². The number of carboxylic acids is 1. The third kappa shape index (κ3) is 2.07. The van der Waals surface area contributed by atoms with Crippen LogP contribution in [0, 0.1) is 0 Å². The average molecular weight is 277 g/mol. The Hall–Kier alpha value is -1.92. The Labute approximate surface area is 115 Å². The Morgan fingerprint density at radius 1 is 1.30 bits per heavy atom. The zero-order valence-electron chi connectivity index (χ0n) is 10.9. The van der Waals surface area contributed by atoms with Crippen LogP contribution in [0.2, 0.25) is 0 Å². The summed E-state index contributed by atoms with van der Waals surface area (Å²) < 4.78 is 10.6. The number of benzene rings is 1. The van der Waals surface area contributed by atoms with Crippen molar-refractivity contribution in [3.8, 4) is 0 Å². The number of hydrogen-bond donors (Lipinski definition) is 1. The lowest BCUT2D eigenvalue weighted by Crippen LogP contribution is -2.54. The molecule has 0 saturated carbocycles. The number of carbonyl (C=O) groups excluding carboxylic acids is 1. The molecule has 6 heteroatoms. The Bertz CT molecular complexity index is 532. The van der Waals surface area contributed by atoms with Crippen LogP contribution in [-0.4, -0.2) is 46.4 Å². The van der Waals surface area contributed by atoms with Gasteiger partial charge in [-0.3, -0.25) is 4.79 Å². The van der Waals surface area contributed by atoms with E-state index in [1.165, 1.54) is 0 Å². The highest BCUT2D eigenvalue weighted by atomic mass is 16.7. The van der Waals surface area contributed by atoms with Crippen molar-refractivity contribution in [3.05, 3.63) is 35.9 Å². The number of morpholine rings is 1. The van der Waals surface area contributed by atoms with Gasteiger partial charge in [0.15, 0.2) is 6.10 Å². The van der Waals surface area contributed by atoms with Gasteiger partial charge in [-0.05, 0) is 12.5 Å². The Morgan fingerprint density at radius 3 is 2.65 bits per heavy atom. The fourth-order valence-electron chi connectivity index (χ4n) is 2.65. The summed E-state index contributed by atoms with van der Waals surface area (Å²) in [7, 11) is 0. The van der Waals surface area contributed by atoms with Gasteiger partial charge in [0.05, 0.1) is 6.04 Å². The smallest absolute Gasteiger partial charge is 0.335 e. The molecule has 3 rings (SSSR count). The highest BCUT2D eigenvalue weighted by Crippen LogP contribution is 2.32. The number of fused-ring (bicyclic) bond motifs is 2. The summed E-state index contributed by atoms with van der Waals surface area (Å²) in [5, 5.41) is 9.11. The summed E-state index contributed by atoms with van der Waals surface area (Å²) in [5.74, 6) is -1.42.